The van der Waals surface area contributed by atoms with Gasteiger partial charge in [-0.2, -0.15) is 0 Å². The fourth-order valence-corrected chi connectivity index (χ4v) is 3.14. The number of fused-ring (bicyclic) bond motifs is 1. The maximum absolute atomic E-state index is 12.6. The highest BCUT2D eigenvalue weighted by Gasteiger charge is 2.21. The van der Waals surface area contributed by atoms with Crippen molar-refractivity contribution in [3.05, 3.63) is 63.9 Å². The monoisotopic (exact) mass is 395 g/mol. The van der Waals surface area contributed by atoms with Gasteiger partial charge in [0, 0.05) is 31.2 Å². The third-order valence-electron chi connectivity index (χ3n) is 4.85. The Labute approximate surface area is 168 Å². The standard InChI is InChI=1S/C22H25N3O4/c1-3-4-11-23-15-7-5-14(6-8-15)13-24-21(28)19-20(27)17-12-16(26)9-10-18(17)25(2)22(19)29/h5-10,12,23,26-27H,3-4,11,13H2,1-2H3,(H,24,28). The van der Waals surface area contributed by atoms with Gasteiger partial charge in [-0.05, 0) is 42.3 Å². The minimum absolute atomic E-state index is 0.0644. The molecule has 2 aromatic carbocycles. The van der Waals surface area contributed by atoms with E-state index in [0.29, 0.717) is 5.52 Å². The first-order chi connectivity index (χ1) is 13.9. The van der Waals surface area contributed by atoms with Gasteiger partial charge in [-0.15, -0.1) is 0 Å². The van der Waals surface area contributed by atoms with Crippen molar-refractivity contribution >= 4 is 22.5 Å². The first-order valence-corrected chi connectivity index (χ1v) is 9.58. The van der Waals surface area contributed by atoms with Gasteiger partial charge in [-0.25, -0.2) is 0 Å². The third-order valence-corrected chi connectivity index (χ3v) is 4.85. The number of carbonyl (C=O) groups excluding carboxylic acids is 1. The summed E-state index contributed by atoms with van der Waals surface area (Å²) in [6.45, 7) is 3.26. The molecule has 0 saturated heterocycles. The number of unbranched alkanes of at least 4 members (excludes halogenated alkanes) is 1. The maximum Gasteiger partial charge on any atom is 0.267 e. The normalized spacial score (nSPS) is 10.8. The van der Waals surface area contributed by atoms with Crippen LogP contribution in [-0.2, 0) is 13.6 Å². The molecular weight excluding hydrogens is 370 g/mol. The van der Waals surface area contributed by atoms with E-state index in [1.807, 2.05) is 24.3 Å². The average Bonchev–Trinajstić information content (AvgIpc) is 2.72. The van der Waals surface area contributed by atoms with Crippen LogP contribution >= 0.6 is 0 Å². The van der Waals surface area contributed by atoms with Crippen LogP contribution in [0.2, 0.25) is 0 Å². The molecule has 0 unspecified atom stereocenters. The Morgan fingerprint density at radius 3 is 2.52 bits per heavy atom. The SMILES string of the molecule is CCCCNc1ccc(CNC(=O)c2c(O)c3cc(O)ccc3n(C)c2=O)cc1. The summed E-state index contributed by atoms with van der Waals surface area (Å²) in [7, 11) is 1.52. The van der Waals surface area contributed by atoms with E-state index in [1.54, 1.807) is 0 Å². The van der Waals surface area contributed by atoms with Gasteiger partial charge in [0.05, 0.1) is 5.52 Å². The van der Waals surface area contributed by atoms with Crippen LogP contribution in [-0.4, -0.2) is 27.2 Å². The molecule has 1 aromatic heterocycles. The Morgan fingerprint density at radius 2 is 1.83 bits per heavy atom. The molecule has 7 nitrogen and oxygen atoms in total. The number of nitrogens with zero attached hydrogens (tertiary/aromatic N) is 1. The van der Waals surface area contributed by atoms with Gasteiger partial charge >= 0.3 is 0 Å². The molecule has 3 rings (SSSR count). The van der Waals surface area contributed by atoms with E-state index >= 15 is 0 Å². The second-order valence-electron chi connectivity index (χ2n) is 6.95. The van der Waals surface area contributed by atoms with Crippen LogP contribution in [0.25, 0.3) is 10.9 Å². The predicted molar refractivity (Wildman–Crippen MR) is 114 cm³/mol. The summed E-state index contributed by atoms with van der Waals surface area (Å²) in [5.74, 6) is -1.17. The molecule has 1 heterocycles. The topological polar surface area (TPSA) is 104 Å². The van der Waals surface area contributed by atoms with E-state index in [9.17, 15) is 19.8 Å². The molecule has 0 atom stereocenters. The number of carbonyl (C=O) groups is 1. The van der Waals surface area contributed by atoms with Crippen molar-refractivity contribution < 1.29 is 15.0 Å². The maximum atomic E-state index is 12.6. The van der Waals surface area contributed by atoms with Crippen molar-refractivity contribution in [2.45, 2.75) is 26.3 Å². The van der Waals surface area contributed by atoms with E-state index in [2.05, 4.69) is 17.6 Å². The molecule has 0 bridgehead atoms. The molecule has 0 spiro atoms. The van der Waals surface area contributed by atoms with Crippen molar-refractivity contribution in [1.82, 2.24) is 9.88 Å². The number of hydrogen-bond donors (Lipinski definition) is 4. The molecule has 0 fully saturated rings. The lowest BCUT2D eigenvalue weighted by Gasteiger charge is -2.12. The first-order valence-electron chi connectivity index (χ1n) is 9.58. The van der Waals surface area contributed by atoms with E-state index < -0.39 is 17.2 Å². The van der Waals surface area contributed by atoms with Crippen LogP contribution in [0.3, 0.4) is 0 Å². The molecule has 0 aliphatic carbocycles. The van der Waals surface area contributed by atoms with Gasteiger partial charge in [-0.3, -0.25) is 9.59 Å². The Morgan fingerprint density at radius 1 is 1.10 bits per heavy atom. The number of rotatable bonds is 7. The second kappa shape index (κ2) is 8.68. The number of amides is 1. The van der Waals surface area contributed by atoms with Crippen LogP contribution in [0.1, 0.15) is 35.7 Å². The minimum Gasteiger partial charge on any atom is -0.508 e. The number of aromatic nitrogens is 1. The number of aryl methyl sites for hydroxylation is 1. The summed E-state index contributed by atoms with van der Waals surface area (Å²) in [6, 6.07) is 11.9. The lowest BCUT2D eigenvalue weighted by molar-refractivity contribution is 0.0946. The van der Waals surface area contributed by atoms with Crippen LogP contribution in [0, 0.1) is 0 Å². The van der Waals surface area contributed by atoms with Gasteiger partial charge in [0.1, 0.15) is 17.1 Å². The summed E-state index contributed by atoms with van der Waals surface area (Å²) >= 11 is 0. The molecule has 4 N–H and O–H groups in total. The Hall–Kier alpha value is -3.48. The number of pyridine rings is 1. The van der Waals surface area contributed by atoms with Crippen LogP contribution in [0.15, 0.2) is 47.3 Å². The highest BCUT2D eigenvalue weighted by atomic mass is 16.3. The van der Waals surface area contributed by atoms with Gasteiger partial charge in [0.15, 0.2) is 0 Å². The Bertz CT molecular complexity index is 1090. The Kier molecular flexibility index (Phi) is 6.07. The van der Waals surface area contributed by atoms with Crippen molar-refractivity contribution in [1.29, 1.82) is 0 Å². The highest BCUT2D eigenvalue weighted by Crippen LogP contribution is 2.29. The number of phenolic OH excluding ortho intramolecular Hbond substituents is 1. The molecular formula is C22H25N3O4. The van der Waals surface area contributed by atoms with Crippen LogP contribution in [0.5, 0.6) is 11.5 Å². The molecule has 0 saturated carbocycles. The summed E-state index contributed by atoms with van der Waals surface area (Å²) in [5.41, 5.74) is 1.36. The number of aromatic hydroxyl groups is 2. The average molecular weight is 395 g/mol. The number of nitrogens with one attached hydrogen (secondary N) is 2. The fourth-order valence-electron chi connectivity index (χ4n) is 3.14. The largest absolute Gasteiger partial charge is 0.508 e. The third kappa shape index (κ3) is 4.34. The van der Waals surface area contributed by atoms with Crippen molar-refractivity contribution in [3.8, 4) is 11.5 Å². The summed E-state index contributed by atoms with van der Waals surface area (Å²) in [5, 5.41) is 26.4. The second-order valence-corrected chi connectivity index (χ2v) is 6.95. The summed E-state index contributed by atoms with van der Waals surface area (Å²) in [6.07, 6.45) is 2.22. The molecule has 0 radical (unpaired) electrons. The zero-order chi connectivity index (χ0) is 21.0. The first kappa shape index (κ1) is 20.3. The van der Waals surface area contributed by atoms with Crippen molar-refractivity contribution in [2.24, 2.45) is 7.05 Å². The Balaban J connectivity index is 1.77. The molecule has 29 heavy (non-hydrogen) atoms. The highest BCUT2D eigenvalue weighted by molar-refractivity contribution is 6.02. The lowest BCUT2D eigenvalue weighted by atomic mass is 10.1. The molecule has 3 aromatic rings. The number of benzene rings is 2. The zero-order valence-corrected chi connectivity index (χ0v) is 16.5. The smallest absolute Gasteiger partial charge is 0.267 e. The summed E-state index contributed by atoms with van der Waals surface area (Å²) < 4.78 is 1.28. The number of anilines is 1. The molecule has 1 amide bonds. The van der Waals surface area contributed by atoms with Crippen molar-refractivity contribution in [3.63, 3.8) is 0 Å². The van der Waals surface area contributed by atoms with Crippen LogP contribution in [0.4, 0.5) is 5.69 Å². The minimum atomic E-state index is -0.668. The molecule has 7 heteroatoms. The molecule has 0 aliphatic rings. The van der Waals surface area contributed by atoms with Gasteiger partial charge in [0.2, 0.25) is 0 Å². The van der Waals surface area contributed by atoms with Gasteiger partial charge < -0.3 is 25.4 Å². The van der Waals surface area contributed by atoms with Crippen LogP contribution < -0.4 is 16.2 Å². The molecule has 0 aliphatic heterocycles. The van der Waals surface area contributed by atoms with Crippen molar-refractivity contribution in [2.75, 3.05) is 11.9 Å². The molecule has 152 valence electrons. The van der Waals surface area contributed by atoms with Gasteiger partial charge in [0.25, 0.3) is 11.5 Å². The predicted octanol–water partition coefficient (Wildman–Crippen LogP) is 3.09. The van der Waals surface area contributed by atoms with E-state index in [1.165, 1.54) is 29.8 Å². The number of phenols is 1. The quantitative estimate of drug-likeness (QED) is 0.460. The van der Waals surface area contributed by atoms with Gasteiger partial charge in [-0.1, -0.05) is 25.5 Å². The van der Waals surface area contributed by atoms with E-state index in [0.717, 1.165) is 30.6 Å². The number of hydrogen-bond acceptors (Lipinski definition) is 5. The zero-order valence-electron chi connectivity index (χ0n) is 16.5. The van der Waals surface area contributed by atoms with E-state index in [4.69, 9.17) is 0 Å². The van der Waals surface area contributed by atoms with E-state index in [-0.39, 0.29) is 23.2 Å². The fraction of sp³-hybridized carbons (Fsp3) is 0.273. The lowest BCUT2D eigenvalue weighted by Crippen LogP contribution is -2.32. The summed E-state index contributed by atoms with van der Waals surface area (Å²) in [4.78, 5) is 25.2.